The predicted octanol–water partition coefficient (Wildman–Crippen LogP) is 5.64. The number of aromatic carboxylic acids is 1. The number of hydrogen-bond acceptors (Lipinski definition) is 5. The fourth-order valence-electron chi connectivity index (χ4n) is 3.50. The van der Waals surface area contributed by atoms with Crippen LogP contribution in [0.2, 0.25) is 10.0 Å². The van der Waals surface area contributed by atoms with Crippen LogP contribution in [0, 0.1) is 11.3 Å². The Morgan fingerprint density at radius 1 is 1.21 bits per heavy atom. The third-order valence-corrected chi connectivity index (χ3v) is 5.99. The minimum atomic E-state index is -5.10. The van der Waals surface area contributed by atoms with E-state index in [1.807, 2.05) is 0 Å². The van der Waals surface area contributed by atoms with Crippen molar-refractivity contribution in [2.24, 2.45) is 7.05 Å². The molecule has 0 radical (unpaired) electrons. The number of nitrogens with zero attached hydrogens (tertiary/aromatic N) is 3. The molecule has 7 nitrogen and oxygen atoms in total. The number of ether oxygens (including phenoxy) is 1. The van der Waals surface area contributed by atoms with Gasteiger partial charge in [-0.15, -0.1) is 0 Å². The Balaban J connectivity index is 1.99. The van der Waals surface area contributed by atoms with Gasteiger partial charge >= 0.3 is 12.1 Å². The highest BCUT2D eigenvalue weighted by molar-refractivity contribution is 6.32. The fraction of sp³-hybridized carbons (Fsp3) is 0.227. The van der Waals surface area contributed by atoms with Gasteiger partial charge in [0.25, 0.3) is 0 Å². The zero-order chi connectivity index (χ0) is 25.4. The second-order valence-electron chi connectivity index (χ2n) is 7.36. The van der Waals surface area contributed by atoms with Crippen molar-refractivity contribution in [2.75, 3.05) is 0 Å². The number of hydrogen-bond donors (Lipinski definition) is 2. The van der Waals surface area contributed by atoms with Crippen LogP contribution in [-0.4, -0.2) is 31.9 Å². The van der Waals surface area contributed by atoms with Gasteiger partial charge in [0.2, 0.25) is 11.5 Å². The van der Waals surface area contributed by atoms with Gasteiger partial charge in [0.15, 0.2) is 0 Å². The van der Waals surface area contributed by atoms with E-state index in [9.17, 15) is 23.1 Å². The fourth-order valence-corrected chi connectivity index (χ4v) is 4.03. The number of carboxylic acid groups (broad SMARTS) is 1. The number of aromatic nitrogens is 2. The Labute approximate surface area is 201 Å². The summed E-state index contributed by atoms with van der Waals surface area (Å²) in [6.07, 6.45) is -4.08. The molecule has 3 aromatic rings. The molecule has 0 spiro atoms. The normalized spacial score (nSPS) is 14.2. The van der Waals surface area contributed by atoms with E-state index in [1.54, 1.807) is 6.07 Å². The lowest BCUT2D eigenvalue weighted by atomic mass is 9.80. The first-order valence-corrected chi connectivity index (χ1v) is 10.3. The van der Waals surface area contributed by atoms with Crippen LogP contribution in [0.4, 0.5) is 13.2 Å². The summed E-state index contributed by atoms with van der Waals surface area (Å²) in [5.74, 6) is -2.88. The van der Waals surface area contributed by atoms with Crippen molar-refractivity contribution >= 4 is 29.2 Å². The molecule has 0 saturated heterocycles. The molecule has 178 valence electrons. The second kappa shape index (κ2) is 9.18. The van der Waals surface area contributed by atoms with Gasteiger partial charge in [-0.3, -0.25) is 0 Å². The van der Waals surface area contributed by atoms with Crippen LogP contribution in [0.1, 0.15) is 40.2 Å². The highest BCUT2D eigenvalue weighted by Crippen LogP contribution is 2.50. The molecule has 0 aliphatic rings. The molecule has 3 rings (SSSR count). The van der Waals surface area contributed by atoms with Crippen molar-refractivity contribution in [1.82, 2.24) is 9.55 Å². The summed E-state index contributed by atoms with van der Waals surface area (Å²) in [5, 5.41) is 28.8. The first-order chi connectivity index (χ1) is 15.8. The second-order valence-corrected chi connectivity index (χ2v) is 8.18. The molecule has 2 aromatic heterocycles. The maximum absolute atomic E-state index is 14.2. The van der Waals surface area contributed by atoms with E-state index in [0.29, 0.717) is 0 Å². The summed E-state index contributed by atoms with van der Waals surface area (Å²) >= 11 is 12.2. The monoisotopic (exact) mass is 513 g/mol. The Morgan fingerprint density at radius 2 is 1.88 bits per heavy atom. The van der Waals surface area contributed by atoms with Crippen LogP contribution in [0.5, 0.6) is 11.6 Å². The maximum Gasteiger partial charge on any atom is 0.423 e. The van der Waals surface area contributed by atoms with E-state index in [4.69, 9.17) is 38.3 Å². The number of alkyl halides is 3. The SMILES string of the molecule is CC(c1ccc(Oc2ncc(C(=O)O)cc2Cl)cc1Cl)C(O)(c1ccc(C#N)n1C)C(F)(F)F. The summed E-state index contributed by atoms with van der Waals surface area (Å²) in [5.41, 5.74) is -4.13. The van der Waals surface area contributed by atoms with E-state index in [2.05, 4.69) is 4.98 Å². The number of benzene rings is 1. The van der Waals surface area contributed by atoms with Crippen LogP contribution < -0.4 is 4.74 Å². The van der Waals surface area contributed by atoms with Crippen LogP contribution in [0.25, 0.3) is 0 Å². The zero-order valence-corrected chi connectivity index (χ0v) is 19.1. The molecule has 0 amide bonds. The molecule has 2 N–H and O–H groups in total. The van der Waals surface area contributed by atoms with E-state index >= 15 is 0 Å². The topological polar surface area (TPSA) is 108 Å². The zero-order valence-electron chi connectivity index (χ0n) is 17.6. The van der Waals surface area contributed by atoms with Crippen molar-refractivity contribution in [1.29, 1.82) is 5.26 Å². The van der Waals surface area contributed by atoms with E-state index in [0.717, 1.165) is 29.8 Å². The van der Waals surface area contributed by atoms with Crippen LogP contribution in [-0.2, 0) is 12.6 Å². The van der Waals surface area contributed by atoms with Gasteiger partial charge in [0, 0.05) is 24.2 Å². The molecule has 34 heavy (non-hydrogen) atoms. The molecule has 1 aromatic carbocycles. The molecule has 0 aliphatic carbocycles. The minimum Gasteiger partial charge on any atom is -0.478 e. The molecule has 0 bridgehead atoms. The number of halogens is 5. The van der Waals surface area contributed by atoms with Crippen LogP contribution in [0.15, 0.2) is 42.6 Å². The Kier molecular flexibility index (Phi) is 6.85. The molecular weight excluding hydrogens is 498 g/mol. The molecule has 0 saturated carbocycles. The van der Waals surface area contributed by atoms with Gasteiger partial charge in [-0.1, -0.05) is 36.2 Å². The van der Waals surface area contributed by atoms with Gasteiger partial charge in [-0.2, -0.15) is 18.4 Å². The lowest BCUT2D eigenvalue weighted by molar-refractivity contribution is -0.276. The molecule has 2 unspecified atom stereocenters. The maximum atomic E-state index is 14.2. The van der Waals surface area contributed by atoms with Gasteiger partial charge in [-0.05, 0) is 35.9 Å². The molecular formula is C22H16Cl2F3N3O4. The summed E-state index contributed by atoms with van der Waals surface area (Å²) in [6, 6.07) is 8.91. The number of rotatable bonds is 6. The van der Waals surface area contributed by atoms with Crippen molar-refractivity contribution in [3.63, 3.8) is 0 Å². The average Bonchev–Trinajstić information content (AvgIpc) is 3.14. The number of aliphatic hydroxyl groups is 1. The number of pyridine rings is 1. The quantitative estimate of drug-likeness (QED) is 0.441. The van der Waals surface area contributed by atoms with Crippen molar-refractivity contribution in [3.8, 4) is 17.7 Å². The highest BCUT2D eigenvalue weighted by Gasteiger charge is 2.60. The molecule has 0 fully saturated rings. The first-order valence-electron chi connectivity index (χ1n) is 9.52. The van der Waals surface area contributed by atoms with Crippen LogP contribution >= 0.6 is 23.2 Å². The predicted molar refractivity (Wildman–Crippen MR) is 116 cm³/mol. The van der Waals surface area contributed by atoms with E-state index in [-0.39, 0.29) is 38.5 Å². The molecule has 2 atom stereocenters. The lowest BCUT2D eigenvalue weighted by Crippen LogP contribution is -2.47. The largest absolute Gasteiger partial charge is 0.478 e. The Morgan fingerprint density at radius 3 is 2.38 bits per heavy atom. The van der Waals surface area contributed by atoms with Gasteiger partial charge in [0.05, 0.1) is 11.3 Å². The van der Waals surface area contributed by atoms with E-state index < -0.39 is 29.4 Å². The van der Waals surface area contributed by atoms with Crippen LogP contribution in [0.3, 0.4) is 0 Å². The third kappa shape index (κ3) is 4.42. The minimum absolute atomic E-state index is 0.0335. The van der Waals surface area contributed by atoms with Crippen molar-refractivity contribution in [3.05, 3.63) is 75.2 Å². The van der Waals surface area contributed by atoms with Crippen molar-refractivity contribution in [2.45, 2.75) is 24.6 Å². The average molecular weight is 514 g/mol. The summed E-state index contributed by atoms with van der Waals surface area (Å²) in [7, 11) is 1.25. The van der Waals surface area contributed by atoms with Crippen molar-refractivity contribution < 1.29 is 32.9 Å². The van der Waals surface area contributed by atoms with Gasteiger partial charge in [-0.25, -0.2) is 9.78 Å². The van der Waals surface area contributed by atoms with E-state index in [1.165, 1.54) is 31.3 Å². The summed E-state index contributed by atoms with van der Waals surface area (Å²) in [4.78, 5) is 14.8. The summed E-state index contributed by atoms with van der Waals surface area (Å²) in [6.45, 7) is 1.16. The Hall–Kier alpha value is -3.26. The molecule has 2 heterocycles. The first kappa shape index (κ1) is 25.4. The number of nitriles is 1. The highest BCUT2D eigenvalue weighted by atomic mass is 35.5. The standard InChI is InChI=1S/C22H16Cl2F3N3O4/c1-11(21(33,22(25,26)27)18-6-3-13(9-28)30(18)2)15-5-4-14(8-16(15)23)34-19-17(24)7-12(10-29-19)20(31)32/h3-8,10-11,33H,1-2H3,(H,31,32). The molecule has 12 heteroatoms. The number of carboxylic acids is 1. The Bertz CT molecular complexity index is 1300. The smallest absolute Gasteiger partial charge is 0.423 e. The summed E-state index contributed by atoms with van der Waals surface area (Å²) < 4.78 is 49.0. The lowest BCUT2D eigenvalue weighted by Gasteiger charge is -2.37. The number of carbonyl (C=O) groups is 1. The third-order valence-electron chi connectivity index (χ3n) is 5.39. The van der Waals surface area contributed by atoms with Gasteiger partial charge < -0.3 is 19.5 Å². The van der Waals surface area contributed by atoms with Gasteiger partial charge in [0.1, 0.15) is 22.5 Å². The molecule has 0 aliphatic heterocycles.